The molecule has 1 heterocycles. The van der Waals surface area contributed by atoms with E-state index in [0.29, 0.717) is 11.6 Å². The standard InChI is InChI=1S/C10H9NO2/c12-7-11-10-3-1-8(2-4-10)9-5-13-6-9/h1-4,9H,5-6H2. The molecule has 1 fully saturated rings. The number of nitrogens with zero attached hydrogens (tertiary/aromatic N) is 1. The first-order valence-electron chi connectivity index (χ1n) is 4.16. The Bertz CT molecular complexity index is 334. The zero-order chi connectivity index (χ0) is 9.10. The fourth-order valence-corrected chi connectivity index (χ4v) is 1.30. The second-order valence-corrected chi connectivity index (χ2v) is 3.03. The average molecular weight is 175 g/mol. The number of isocyanates is 1. The van der Waals surface area contributed by atoms with Crippen LogP contribution in [0, 0.1) is 0 Å². The Hall–Kier alpha value is -1.44. The molecule has 1 saturated heterocycles. The fourth-order valence-electron chi connectivity index (χ4n) is 1.30. The van der Waals surface area contributed by atoms with Crippen molar-refractivity contribution in [2.24, 2.45) is 4.99 Å². The monoisotopic (exact) mass is 175 g/mol. The van der Waals surface area contributed by atoms with Gasteiger partial charge in [0, 0.05) is 5.92 Å². The Morgan fingerprint density at radius 1 is 1.31 bits per heavy atom. The number of hydrogen-bond donors (Lipinski definition) is 0. The molecule has 3 heteroatoms. The Balaban J connectivity index is 2.17. The highest BCUT2D eigenvalue weighted by molar-refractivity contribution is 5.49. The van der Waals surface area contributed by atoms with E-state index < -0.39 is 0 Å². The highest BCUT2D eigenvalue weighted by atomic mass is 16.5. The third kappa shape index (κ3) is 1.66. The number of carbonyl (C=O) groups excluding carboxylic acids is 1. The maximum Gasteiger partial charge on any atom is 0.240 e. The smallest absolute Gasteiger partial charge is 0.240 e. The van der Waals surface area contributed by atoms with Crippen molar-refractivity contribution in [3.8, 4) is 0 Å². The van der Waals surface area contributed by atoms with Crippen molar-refractivity contribution in [2.75, 3.05) is 13.2 Å². The van der Waals surface area contributed by atoms with Gasteiger partial charge in [-0.3, -0.25) is 0 Å². The van der Waals surface area contributed by atoms with Gasteiger partial charge in [-0.1, -0.05) is 12.1 Å². The molecule has 0 saturated carbocycles. The highest BCUT2D eigenvalue weighted by Gasteiger charge is 2.19. The van der Waals surface area contributed by atoms with Crippen LogP contribution >= 0.6 is 0 Å². The summed E-state index contributed by atoms with van der Waals surface area (Å²) >= 11 is 0. The summed E-state index contributed by atoms with van der Waals surface area (Å²) in [6.45, 7) is 1.60. The third-order valence-electron chi connectivity index (χ3n) is 2.18. The van der Waals surface area contributed by atoms with Gasteiger partial charge < -0.3 is 4.74 Å². The minimum Gasteiger partial charge on any atom is -0.380 e. The molecule has 1 aliphatic rings. The van der Waals surface area contributed by atoms with E-state index >= 15 is 0 Å². The fraction of sp³-hybridized carbons (Fsp3) is 0.300. The van der Waals surface area contributed by atoms with Crippen molar-refractivity contribution in [1.29, 1.82) is 0 Å². The minimum absolute atomic E-state index is 0.522. The van der Waals surface area contributed by atoms with E-state index in [2.05, 4.69) is 4.99 Å². The first kappa shape index (κ1) is 8.17. The lowest BCUT2D eigenvalue weighted by atomic mass is 9.98. The summed E-state index contributed by atoms with van der Waals surface area (Å²) < 4.78 is 5.08. The number of aliphatic imine (C=N–C) groups is 1. The summed E-state index contributed by atoms with van der Waals surface area (Å²) in [5, 5.41) is 0. The van der Waals surface area contributed by atoms with Crippen LogP contribution in [-0.2, 0) is 9.53 Å². The minimum atomic E-state index is 0.522. The van der Waals surface area contributed by atoms with Crippen LogP contribution < -0.4 is 0 Å². The molecule has 0 radical (unpaired) electrons. The predicted octanol–water partition coefficient (Wildman–Crippen LogP) is 1.77. The molecular weight excluding hydrogens is 166 g/mol. The molecule has 0 N–H and O–H groups in total. The van der Waals surface area contributed by atoms with Gasteiger partial charge >= 0.3 is 0 Å². The van der Waals surface area contributed by atoms with E-state index in [-0.39, 0.29) is 0 Å². The van der Waals surface area contributed by atoms with Gasteiger partial charge in [-0.25, -0.2) is 4.79 Å². The number of ether oxygens (including phenoxy) is 1. The molecular formula is C10H9NO2. The lowest BCUT2D eigenvalue weighted by Gasteiger charge is -2.26. The maximum absolute atomic E-state index is 9.95. The molecule has 1 aromatic rings. The largest absolute Gasteiger partial charge is 0.380 e. The zero-order valence-electron chi connectivity index (χ0n) is 7.06. The van der Waals surface area contributed by atoms with E-state index in [1.807, 2.05) is 24.3 Å². The Kier molecular flexibility index (Phi) is 2.21. The van der Waals surface area contributed by atoms with Gasteiger partial charge in [-0.05, 0) is 17.7 Å². The summed E-state index contributed by atoms with van der Waals surface area (Å²) in [6.07, 6.45) is 1.51. The van der Waals surface area contributed by atoms with E-state index in [9.17, 15) is 4.79 Å². The molecule has 2 rings (SSSR count). The van der Waals surface area contributed by atoms with Gasteiger partial charge in [0.25, 0.3) is 0 Å². The average Bonchev–Trinajstić information content (AvgIpc) is 2.06. The van der Waals surface area contributed by atoms with Crippen molar-refractivity contribution >= 4 is 11.8 Å². The molecule has 3 nitrogen and oxygen atoms in total. The summed E-state index contributed by atoms with van der Waals surface area (Å²) in [7, 11) is 0. The third-order valence-corrected chi connectivity index (χ3v) is 2.18. The molecule has 0 aliphatic carbocycles. The van der Waals surface area contributed by atoms with Gasteiger partial charge in [0.05, 0.1) is 18.9 Å². The molecule has 0 atom stereocenters. The lowest BCUT2D eigenvalue weighted by molar-refractivity contribution is 0.00843. The van der Waals surface area contributed by atoms with Gasteiger partial charge in [0.15, 0.2) is 0 Å². The number of hydrogen-bond acceptors (Lipinski definition) is 3. The van der Waals surface area contributed by atoms with Crippen LogP contribution in [0.1, 0.15) is 11.5 Å². The summed E-state index contributed by atoms with van der Waals surface area (Å²) in [6, 6.07) is 7.59. The van der Waals surface area contributed by atoms with Gasteiger partial charge in [-0.15, -0.1) is 0 Å². The number of rotatable bonds is 2. The molecule has 0 amide bonds. The van der Waals surface area contributed by atoms with Crippen LogP contribution in [-0.4, -0.2) is 19.3 Å². The van der Waals surface area contributed by atoms with Crippen molar-refractivity contribution in [3.63, 3.8) is 0 Å². The van der Waals surface area contributed by atoms with Crippen molar-refractivity contribution in [2.45, 2.75) is 5.92 Å². The molecule has 0 spiro atoms. The normalized spacial score (nSPS) is 16.0. The summed E-state index contributed by atoms with van der Waals surface area (Å²) in [5.41, 5.74) is 1.90. The second-order valence-electron chi connectivity index (χ2n) is 3.03. The maximum atomic E-state index is 9.95. The van der Waals surface area contributed by atoms with E-state index in [0.717, 1.165) is 13.2 Å². The quantitative estimate of drug-likeness (QED) is 0.507. The first-order chi connectivity index (χ1) is 6.40. The zero-order valence-corrected chi connectivity index (χ0v) is 7.06. The van der Waals surface area contributed by atoms with Crippen LogP contribution in [0.2, 0.25) is 0 Å². The van der Waals surface area contributed by atoms with Crippen molar-refractivity contribution < 1.29 is 9.53 Å². The topological polar surface area (TPSA) is 38.7 Å². The van der Waals surface area contributed by atoms with Crippen LogP contribution in [0.25, 0.3) is 0 Å². The molecule has 0 bridgehead atoms. The van der Waals surface area contributed by atoms with Gasteiger partial charge in [-0.2, -0.15) is 4.99 Å². The van der Waals surface area contributed by atoms with Gasteiger partial charge in [0.1, 0.15) is 0 Å². The van der Waals surface area contributed by atoms with E-state index in [1.165, 1.54) is 11.6 Å². The molecule has 1 aliphatic heterocycles. The summed E-state index contributed by atoms with van der Waals surface area (Å²) in [4.78, 5) is 13.5. The van der Waals surface area contributed by atoms with Gasteiger partial charge in [0.2, 0.25) is 6.08 Å². The van der Waals surface area contributed by atoms with Crippen LogP contribution in [0.15, 0.2) is 29.3 Å². The number of benzene rings is 1. The molecule has 13 heavy (non-hydrogen) atoms. The van der Waals surface area contributed by atoms with Crippen molar-refractivity contribution in [1.82, 2.24) is 0 Å². The first-order valence-corrected chi connectivity index (χ1v) is 4.16. The van der Waals surface area contributed by atoms with Crippen LogP contribution in [0.5, 0.6) is 0 Å². The Morgan fingerprint density at radius 3 is 2.46 bits per heavy atom. The molecule has 1 aromatic carbocycles. The highest BCUT2D eigenvalue weighted by Crippen LogP contribution is 2.25. The second kappa shape index (κ2) is 3.52. The van der Waals surface area contributed by atoms with Crippen LogP contribution in [0.3, 0.4) is 0 Å². The molecule has 66 valence electrons. The SMILES string of the molecule is O=C=Nc1ccc(C2COC2)cc1. The Labute approximate surface area is 76.1 Å². The predicted molar refractivity (Wildman–Crippen MR) is 47.8 cm³/mol. The van der Waals surface area contributed by atoms with Crippen molar-refractivity contribution in [3.05, 3.63) is 29.8 Å². The lowest BCUT2D eigenvalue weighted by Crippen LogP contribution is -2.24. The van der Waals surface area contributed by atoms with E-state index in [1.54, 1.807) is 0 Å². The van der Waals surface area contributed by atoms with Crippen LogP contribution in [0.4, 0.5) is 5.69 Å². The summed E-state index contributed by atoms with van der Waals surface area (Å²) in [5.74, 6) is 0.522. The van der Waals surface area contributed by atoms with E-state index in [4.69, 9.17) is 4.74 Å². The molecule has 0 unspecified atom stereocenters. The Morgan fingerprint density at radius 2 is 2.00 bits per heavy atom. The molecule has 0 aromatic heterocycles.